The fourth-order valence-corrected chi connectivity index (χ4v) is 3.47. The molecule has 2 rings (SSSR count). The first-order valence-electron chi connectivity index (χ1n) is 10.3. The molecule has 0 amide bonds. The summed E-state index contributed by atoms with van der Waals surface area (Å²) in [5.41, 5.74) is 0.711. The molecule has 29 heavy (non-hydrogen) atoms. The summed E-state index contributed by atoms with van der Waals surface area (Å²) in [6, 6.07) is 19.7. The highest BCUT2D eigenvalue weighted by atomic mass is 16.5. The number of aldehydes is 2. The maximum absolute atomic E-state index is 12.1. The molecule has 0 N–H and O–H groups in total. The van der Waals surface area contributed by atoms with Gasteiger partial charge in [0.25, 0.3) is 0 Å². The maximum atomic E-state index is 12.1. The molecule has 0 bridgehead atoms. The van der Waals surface area contributed by atoms with Gasteiger partial charge in [0.15, 0.2) is 0 Å². The van der Waals surface area contributed by atoms with Gasteiger partial charge in [-0.25, -0.2) is 0 Å². The Balaban J connectivity index is 2.00. The Morgan fingerprint density at radius 3 is 1.38 bits per heavy atom. The topological polar surface area (TPSA) is 52.6 Å². The smallest absolute Gasteiger partial charge is 0.128 e. The predicted octanol–water partition coefficient (Wildman–Crippen LogP) is 5.00. The van der Waals surface area contributed by atoms with Gasteiger partial charge >= 0.3 is 0 Å². The third-order valence-corrected chi connectivity index (χ3v) is 5.61. The van der Waals surface area contributed by atoms with Crippen LogP contribution in [0.4, 0.5) is 0 Å². The lowest BCUT2D eigenvalue weighted by molar-refractivity contribution is -0.131. The van der Waals surface area contributed by atoms with Crippen LogP contribution in [0, 0.1) is 10.8 Å². The number of hydrogen-bond acceptors (Lipinski definition) is 4. The van der Waals surface area contributed by atoms with E-state index in [1.54, 1.807) is 0 Å². The van der Waals surface area contributed by atoms with Crippen molar-refractivity contribution in [3.8, 4) is 0 Å². The van der Waals surface area contributed by atoms with E-state index in [2.05, 4.69) is 0 Å². The molecule has 0 aliphatic carbocycles. The molecule has 2 aromatic carbocycles. The zero-order valence-electron chi connectivity index (χ0n) is 17.5. The quantitative estimate of drug-likeness (QED) is 0.422. The van der Waals surface area contributed by atoms with Crippen LogP contribution in [0.3, 0.4) is 0 Å². The summed E-state index contributed by atoms with van der Waals surface area (Å²) in [6.07, 6.45) is 3.56. The average Bonchev–Trinajstić information content (AvgIpc) is 2.79. The van der Waals surface area contributed by atoms with E-state index >= 15 is 0 Å². The van der Waals surface area contributed by atoms with Crippen LogP contribution in [0.25, 0.3) is 0 Å². The van der Waals surface area contributed by atoms with Gasteiger partial charge in [-0.05, 0) is 30.4 Å². The van der Waals surface area contributed by atoms with Crippen molar-refractivity contribution in [2.75, 3.05) is 13.2 Å². The van der Waals surface area contributed by atoms with E-state index in [1.807, 2.05) is 74.5 Å². The normalized spacial score (nSPS) is 15.2. The van der Waals surface area contributed by atoms with Crippen molar-refractivity contribution < 1.29 is 19.1 Å². The Bertz CT molecular complexity index is 668. The van der Waals surface area contributed by atoms with Gasteiger partial charge in [0, 0.05) is 0 Å². The highest BCUT2D eigenvalue weighted by Gasteiger charge is 2.40. The van der Waals surface area contributed by atoms with Gasteiger partial charge in [-0.2, -0.15) is 0 Å². The third-order valence-electron chi connectivity index (χ3n) is 5.61. The molecule has 2 atom stereocenters. The molecule has 0 spiro atoms. The summed E-state index contributed by atoms with van der Waals surface area (Å²) in [4.78, 5) is 24.1. The third kappa shape index (κ3) is 6.91. The second-order valence-electron chi connectivity index (χ2n) is 7.80. The summed E-state index contributed by atoms with van der Waals surface area (Å²) < 4.78 is 11.8. The molecule has 0 saturated heterocycles. The SMILES string of the molecule is CCC(C=O)(COCc1ccccc1)CC(C=O)(CC)COCc1ccccc1. The Hall–Kier alpha value is -2.30. The van der Waals surface area contributed by atoms with Crippen LogP contribution >= 0.6 is 0 Å². The fourth-order valence-electron chi connectivity index (χ4n) is 3.47. The molecule has 0 saturated carbocycles. The lowest BCUT2D eigenvalue weighted by atomic mass is 9.70. The molecule has 156 valence electrons. The summed E-state index contributed by atoms with van der Waals surface area (Å²) in [7, 11) is 0. The first kappa shape index (κ1) is 23.0. The van der Waals surface area contributed by atoms with Crippen LogP contribution in [-0.2, 0) is 32.3 Å². The van der Waals surface area contributed by atoms with Crippen LogP contribution in [0.2, 0.25) is 0 Å². The molecule has 4 nitrogen and oxygen atoms in total. The van der Waals surface area contributed by atoms with Gasteiger partial charge in [0.1, 0.15) is 12.6 Å². The standard InChI is InChI=1S/C25H32O4/c1-3-24(18-26,20-28-15-22-11-7-5-8-12-22)17-25(4-2,19-27)21-29-16-23-13-9-6-10-14-23/h5-14,18-19H,3-4,15-17,20-21H2,1-2H3. The molecule has 2 unspecified atom stereocenters. The largest absolute Gasteiger partial charge is 0.376 e. The average molecular weight is 397 g/mol. The lowest BCUT2D eigenvalue weighted by Crippen LogP contribution is -2.39. The second kappa shape index (κ2) is 11.6. The van der Waals surface area contributed by atoms with Crippen molar-refractivity contribution in [2.24, 2.45) is 10.8 Å². The predicted molar refractivity (Wildman–Crippen MR) is 114 cm³/mol. The van der Waals surface area contributed by atoms with Crippen molar-refractivity contribution >= 4 is 12.6 Å². The number of rotatable bonds is 14. The highest BCUT2D eigenvalue weighted by molar-refractivity contribution is 5.65. The van der Waals surface area contributed by atoms with Gasteiger partial charge in [-0.1, -0.05) is 74.5 Å². The molecular formula is C25H32O4. The minimum absolute atomic E-state index is 0.288. The molecule has 4 heteroatoms. The zero-order chi connectivity index (χ0) is 21.0. The molecule has 0 radical (unpaired) electrons. The van der Waals surface area contributed by atoms with E-state index in [1.165, 1.54) is 0 Å². The Labute approximate surface area is 174 Å². The number of benzene rings is 2. The number of carbonyl (C=O) groups excluding carboxylic acids is 2. The fraction of sp³-hybridized carbons (Fsp3) is 0.440. The van der Waals surface area contributed by atoms with Crippen molar-refractivity contribution in [1.82, 2.24) is 0 Å². The first-order chi connectivity index (χ1) is 14.1. The Kier molecular flexibility index (Phi) is 9.23. The van der Waals surface area contributed by atoms with Crippen molar-refractivity contribution in [3.63, 3.8) is 0 Å². The van der Waals surface area contributed by atoms with Crippen molar-refractivity contribution in [3.05, 3.63) is 71.8 Å². The summed E-state index contributed by atoms with van der Waals surface area (Å²) in [5.74, 6) is 0. The van der Waals surface area contributed by atoms with Crippen LogP contribution < -0.4 is 0 Å². The van der Waals surface area contributed by atoms with E-state index in [0.29, 0.717) is 32.5 Å². The molecule has 0 fully saturated rings. The minimum Gasteiger partial charge on any atom is -0.376 e. The molecule has 0 aromatic heterocycles. The highest BCUT2D eigenvalue weighted by Crippen LogP contribution is 2.38. The van der Waals surface area contributed by atoms with Crippen molar-refractivity contribution in [1.29, 1.82) is 0 Å². The summed E-state index contributed by atoms with van der Waals surface area (Å²) in [6.45, 7) is 5.40. The summed E-state index contributed by atoms with van der Waals surface area (Å²) in [5, 5.41) is 0. The molecule has 0 heterocycles. The number of carbonyl (C=O) groups is 2. The van der Waals surface area contributed by atoms with E-state index < -0.39 is 10.8 Å². The van der Waals surface area contributed by atoms with Gasteiger partial charge < -0.3 is 19.1 Å². The van der Waals surface area contributed by atoms with E-state index in [-0.39, 0.29) is 13.2 Å². The lowest BCUT2D eigenvalue weighted by Gasteiger charge is -2.36. The van der Waals surface area contributed by atoms with Crippen LogP contribution in [-0.4, -0.2) is 25.8 Å². The number of hydrogen-bond donors (Lipinski definition) is 0. The minimum atomic E-state index is -0.707. The Morgan fingerprint density at radius 2 is 1.07 bits per heavy atom. The summed E-state index contributed by atoms with van der Waals surface area (Å²) >= 11 is 0. The Morgan fingerprint density at radius 1 is 0.690 bits per heavy atom. The van der Waals surface area contributed by atoms with Gasteiger partial charge in [-0.15, -0.1) is 0 Å². The van der Waals surface area contributed by atoms with Gasteiger partial charge in [0.05, 0.1) is 37.3 Å². The molecule has 0 aliphatic rings. The molecule has 0 aliphatic heterocycles. The number of ether oxygens (including phenoxy) is 2. The molecule has 2 aromatic rings. The van der Waals surface area contributed by atoms with Gasteiger partial charge in [-0.3, -0.25) is 0 Å². The van der Waals surface area contributed by atoms with Crippen LogP contribution in [0.1, 0.15) is 44.2 Å². The van der Waals surface area contributed by atoms with Gasteiger partial charge in [0.2, 0.25) is 0 Å². The maximum Gasteiger partial charge on any atom is 0.128 e. The molecular weight excluding hydrogens is 364 g/mol. The van der Waals surface area contributed by atoms with Crippen molar-refractivity contribution in [2.45, 2.75) is 46.3 Å². The van der Waals surface area contributed by atoms with Crippen LogP contribution in [0.15, 0.2) is 60.7 Å². The first-order valence-corrected chi connectivity index (χ1v) is 10.3. The zero-order valence-corrected chi connectivity index (χ0v) is 17.5. The van der Waals surface area contributed by atoms with E-state index in [0.717, 1.165) is 23.7 Å². The van der Waals surface area contributed by atoms with E-state index in [4.69, 9.17) is 9.47 Å². The van der Waals surface area contributed by atoms with Crippen LogP contribution in [0.5, 0.6) is 0 Å². The monoisotopic (exact) mass is 396 g/mol. The van der Waals surface area contributed by atoms with E-state index in [9.17, 15) is 9.59 Å². The second-order valence-corrected chi connectivity index (χ2v) is 7.80.